The summed E-state index contributed by atoms with van der Waals surface area (Å²) < 4.78 is 50.7. The summed E-state index contributed by atoms with van der Waals surface area (Å²) in [5.41, 5.74) is 0.859. The van der Waals surface area contributed by atoms with E-state index >= 15 is 0 Å². The van der Waals surface area contributed by atoms with E-state index in [4.69, 9.17) is 9.47 Å². The zero-order valence-electron chi connectivity index (χ0n) is 18.0. The van der Waals surface area contributed by atoms with Gasteiger partial charge in [0, 0.05) is 17.4 Å². The number of benzene rings is 1. The molecule has 1 aromatic rings. The van der Waals surface area contributed by atoms with Crippen LogP contribution in [0.25, 0.3) is 0 Å². The second kappa shape index (κ2) is 8.77. The van der Waals surface area contributed by atoms with Gasteiger partial charge in [-0.3, -0.25) is 0 Å². The molecular formula is C23H26F3NO4. The van der Waals surface area contributed by atoms with Crippen LogP contribution in [0.15, 0.2) is 46.8 Å². The molecule has 0 unspecified atom stereocenters. The van der Waals surface area contributed by atoms with E-state index in [9.17, 15) is 22.8 Å². The average molecular weight is 437 g/mol. The Morgan fingerprint density at radius 3 is 1.94 bits per heavy atom. The molecule has 1 saturated carbocycles. The van der Waals surface area contributed by atoms with Crippen LogP contribution in [0.5, 0.6) is 0 Å². The van der Waals surface area contributed by atoms with E-state index in [0.29, 0.717) is 11.4 Å². The van der Waals surface area contributed by atoms with Crippen LogP contribution in [-0.4, -0.2) is 36.1 Å². The highest BCUT2D eigenvalue weighted by Gasteiger charge is 2.44. The van der Waals surface area contributed by atoms with E-state index in [-0.39, 0.29) is 36.0 Å². The molecule has 3 rings (SSSR count). The molecule has 0 bridgehead atoms. The van der Waals surface area contributed by atoms with Crippen molar-refractivity contribution in [2.45, 2.75) is 58.7 Å². The Labute approximate surface area is 179 Å². The highest BCUT2D eigenvalue weighted by atomic mass is 19.4. The van der Waals surface area contributed by atoms with Crippen LogP contribution in [0.4, 0.5) is 13.2 Å². The first-order valence-electron chi connectivity index (χ1n) is 10.3. The van der Waals surface area contributed by atoms with E-state index in [0.717, 1.165) is 25.0 Å². The van der Waals surface area contributed by atoms with Gasteiger partial charge in [-0.25, -0.2) is 9.59 Å². The summed E-state index contributed by atoms with van der Waals surface area (Å²) in [5, 5.41) is 0. The molecule has 5 nitrogen and oxygen atoms in total. The molecule has 0 atom stereocenters. The third-order valence-corrected chi connectivity index (χ3v) is 5.53. The van der Waals surface area contributed by atoms with Gasteiger partial charge in [0.1, 0.15) is 0 Å². The Kier molecular flexibility index (Phi) is 6.48. The molecule has 1 heterocycles. The Bertz CT molecular complexity index is 902. The van der Waals surface area contributed by atoms with Gasteiger partial charge >= 0.3 is 18.1 Å². The first kappa shape index (κ1) is 22.9. The molecule has 0 radical (unpaired) electrons. The first-order valence-corrected chi connectivity index (χ1v) is 10.3. The van der Waals surface area contributed by atoms with Crippen molar-refractivity contribution in [2.24, 2.45) is 0 Å². The maximum atomic E-state index is 13.4. The summed E-state index contributed by atoms with van der Waals surface area (Å²) in [5.74, 6) is -2.32. The maximum Gasteiger partial charge on any atom is 0.416 e. The number of nitrogens with zero attached hydrogens (tertiary/aromatic N) is 1. The lowest BCUT2D eigenvalue weighted by atomic mass is 9.79. The highest BCUT2D eigenvalue weighted by Crippen LogP contribution is 2.47. The van der Waals surface area contributed by atoms with E-state index in [1.165, 1.54) is 12.1 Å². The van der Waals surface area contributed by atoms with Crippen molar-refractivity contribution in [1.29, 1.82) is 0 Å². The predicted molar refractivity (Wildman–Crippen MR) is 108 cm³/mol. The van der Waals surface area contributed by atoms with Gasteiger partial charge in [-0.15, -0.1) is 0 Å². The molecule has 0 aromatic heterocycles. The number of carbonyl (C=O) groups is 2. The molecule has 1 fully saturated rings. The molecule has 2 aliphatic rings. The van der Waals surface area contributed by atoms with Gasteiger partial charge in [0.05, 0.1) is 35.8 Å². The first-order chi connectivity index (χ1) is 14.6. The Hall–Kier alpha value is -2.77. The lowest BCUT2D eigenvalue weighted by molar-refractivity contribution is -0.140. The topological polar surface area (TPSA) is 55.8 Å². The van der Waals surface area contributed by atoms with Crippen LogP contribution < -0.4 is 0 Å². The largest absolute Gasteiger partial charge is 0.463 e. The van der Waals surface area contributed by atoms with E-state index in [1.807, 2.05) is 4.90 Å². The highest BCUT2D eigenvalue weighted by molar-refractivity contribution is 6.00. The quantitative estimate of drug-likeness (QED) is 0.590. The Morgan fingerprint density at radius 2 is 1.52 bits per heavy atom. The van der Waals surface area contributed by atoms with Crippen LogP contribution in [0.1, 0.15) is 57.6 Å². The van der Waals surface area contributed by atoms with Gasteiger partial charge < -0.3 is 14.4 Å². The van der Waals surface area contributed by atoms with E-state index in [1.54, 1.807) is 27.7 Å². The number of alkyl halides is 3. The zero-order chi connectivity index (χ0) is 22.9. The van der Waals surface area contributed by atoms with E-state index < -0.39 is 29.6 Å². The van der Waals surface area contributed by atoms with Gasteiger partial charge in [0.25, 0.3) is 0 Å². The fourth-order valence-corrected chi connectivity index (χ4v) is 4.13. The summed E-state index contributed by atoms with van der Waals surface area (Å²) in [6.45, 7) is 7.01. The van der Waals surface area contributed by atoms with Crippen molar-refractivity contribution in [3.05, 3.63) is 57.9 Å². The van der Waals surface area contributed by atoms with Crippen molar-refractivity contribution >= 4 is 11.9 Å². The smallest absolute Gasteiger partial charge is 0.416 e. The normalized spacial score (nSPS) is 17.8. The van der Waals surface area contributed by atoms with Gasteiger partial charge in [0.15, 0.2) is 0 Å². The maximum absolute atomic E-state index is 13.4. The second-order valence-corrected chi connectivity index (χ2v) is 7.60. The average Bonchev–Trinajstić information content (AvgIpc) is 3.52. The van der Waals surface area contributed by atoms with Crippen LogP contribution >= 0.6 is 0 Å². The van der Waals surface area contributed by atoms with Crippen molar-refractivity contribution < 1.29 is 32.2 Å². The monoisotopic (exact) mass is 437 g/mol. The van der Waals surface area contributed by atoms with Crippen LogP contribution in [0, 0.1) is 0 Å². The molecule has 8 heteroatoms. The minimum Gasteiger partial charge on any atom is -0.463 e. The molecular weight excluding hydrogens is 411 g/mol. The minimum atomic E-state index is -4.56. The van der Waals surface area contributed by atoms with Gasteiger partial charge in [-0.2, -0.15) is 13.2 Å². The van der Waals surface area contributed by atoms with Crippen molar-refractivity contribution in [3.8, 4) is 0 Å². The number of hydrogen-bond acceptors (Lipinski definition) is 5. The standard InChI is InChI=1S/C23H26F3NO4/c1-5-30-21(28)18-13(3)27(17-10-11-17)14(4)19(22(29)31-6-2)20(18)15-8-7-9-16(12-15)23(24,25)26/h7-9,12,17,20H,5-6,10-11H2,1-4H3. The van der Waals surface area contributed by atoms with Crippen molar-refractivity contribution in [2.75, 3.05) is 13.2 Å². The summed E-state index contributed by atoms with van der Waals surface area (Å²) >= 11 is 0. The molecule has 0 saturated heterocycles. The van der Waals surface area contributed by atoms with Crippen LogP contribution in [-0.2, 0) is 25.2 Å². The fourth-order valence-electron chi connectivity index (χ4n) is 4.13. The molecule has 168 valence electrons. The summed E-state index contributed by atoms with van der Waals surface area (Å²) in [4.78, 5) is 27.9. The number of esters is 2. The van der Waals surface area contributed by atoms with Gasteiger partial charge in [0.2, 0.25) is 0 Å². The Balaban J connectivity index is 2.25. The molecule has 0 amide bonds. The molecule has 0 N–H and O–H groups in total. The SMILES string of the molecule is CCOC(=O)C1=C(C)N(C2CC2)C(C)=C(C(=O)OCC)C1c1cccc(C(F)(F)F)c1. The van der Waals surface area contributed by atoms with Crippen LogP contribution in [0.2, 0.25) is 0 Å². The number of ether oxygens (including phenoxy) is 2. The van der Waals surface area contributed by atoms with Crippen molar-refractivity contribution in [3.63, 3.8) is 0 Å². The number of allylic oxidation sites excluding steroid dienone is 2. The lowest BCUT2D eigenvalue weighted by Gasteiger charge is -2.38. The minimum absolute atomic E-state index is 0.103. The summed E-state index contributed by atoms with van der Waals surface area (Å²) in [7, 11) is 0. The molecule has 1 aliphatic heterocycles. The number of halogens is 3. The molecule has 1 aliphatic carbocycles. The Morgan fingerprint density at radius 1 is 1.00 bits per heavy atom. The molecule has 0 spiro atoms. The number of hydrogen-bond donors (Lipinski definition) is 0. The second-order valence-electron chi connectivity index (χ2n) is 7.60. The molecule has 31 heavy (non-hydrogen) atoms. The molecule has 1 aromatic carbocycles. The third kappa shape index (κ3) is 4.48. The van der Waals surface area contributed by atoms with Crippen molar-refractivity contribution in [1.82, 2.24) is 4.90 Å². The zero-order valence-corrected chi connectivity index (χ0v) is 18.0. The fraction of sp³-hybridized carbons (Fsp3) is 0.478. The van der Waals surface area contributed by atoms with Gasteiger partial charge in [-0.1, -0.05) is 18.2 Å². The third-order valence-electron chi connectivity index (χ3n) is 5.53. The van der Waals surface area contributed by atoms with E-state index in [2.05, 4.69) is 0 Å². The lowest BCUT2D eigenvalue weighted by Crippen LogP contribution is -2.36. The number of rotatable bonds is 6. The predicted octanol–water partition coefficient (Wildman–Crippen LogP) is 4.94. The van der Waals surface area contributed by atoms with Crippen LogP contribution in [0.3, 0.4) is 0 Å². The summed E-state index contributed by atoms with van der Waals surface area (Å²) in [6, 6.07) is 4.85. The number of carbonyl (C=O) groups excluding carboxylic acids is 2. The summed E-state index contributed by atoms with van der Waals surface area (Å²) in [6.07, 6.45) is -2.76. The van der Waals surface area contributed by atoms with Gasteiger partial charge in [-0.05, 0) is 52.2 Å².